The number of urea groups is 1. The second-order valence-electron chi connectivity index (χ2n) is 6.51. The van der Waals surface area contributed by atoms with Crippen LogP contribution in [0.1, 0.15) is 38.8 Å². The third kappa shape index (κ3) is 3.97. The van der Waals surface area contributed by atoms with Crippen molar-refractivity contribution in [3.63, 3.8) is 0 Å². The second kappa shape index (κ2) is 5.76. The highest BCUT2D eigenvalue weighted by atomic mass is 16.4. The van der Waals surface area contributed by atoms with Gasteiger partial charge in [-0.3, -0.25) is 4.79 Å². The Morgan fingerprint density at radius 2 is 1.48 bits per heavy atom. The third-order valence-electron chi connectivity index (χ3n) is 4.00. The van der Waals surface area contributed by atoms with Crippen molar-refractivity contribution in [2.45, 2.75) is 47.1 Å². The van der Waals surface area contributed by atoms with Crippen LogP contribution < -0.4 is 10.6 Å². The van der Waals surface area contributed by atoms with Crippen molar-refractivity contribution in [3.8, 4) is 0 Å². The number of amides is 2. The number of hydrogen-bond donors (Lipinski definition) is 3. The fourth-order valence-corrected chi connectivity index (χ4v) is 1.92. The topological polar surface area (TPSA) is 78.4 Å². The summed E-state index contributed by atoms with van der Waals surface area (Å²) in [7, 11) is 0. The number of aryl methyl sites for hydroxylation is 2. The molecule has 0 unspecified atom stereocenters. The number of nitrogens with one attached hydrogen (secondary N) is 2. The molecule has 0 radical (unpaired) electrons. The predicted octanol–water partition coefficient (Wildman–Crippen LogP) is 3.31. The summed E-state index contributed by atoms with van der Waals surface area (Å²) in [5.41, 5.74) is 0.800. The molecule has 0 saturated carbocycles. The Morgan fingerprint density at radius 3 is 1.90 bits per heavy atom. The monoisotopic (exact) mass is 292 g/mol. The Kier molecular flexibility index (Phi) is 4.66. The Bertz CT molecular complexity index is 542. The van der Waals surface area contributed by atoms with Crippen molar-refractivity contribution in [1.82, 2.24) is 5.32 Å². The SMILES string of the molecule is Cc1cc(C)cc(NC(=O)NC(C)(C)C(C)(C)C(=O)O)c1. The van der Waals surface area contributed by atoms with E-state index in [1.54, 1.807) is 27.7 Å². The van der Waals surface area contributed by atoms with Crippen molar-refractivity contribution in [2.75, 3.05) is 5.32 Å². The molecule has 2 amide bonds. The average molecular weight is 292 g/mol. The summed E-state index contributed by atoms with van der Waals surface area (Å²) in [5, 5.41) is 14.8. The van der Waals surface area contributed by atoms with Crippen LogP contribution in [0.2, 0.25) is 0 Å². The molecule has 1 rings (SSSR count). The van der Waals surface area contributed by atoms with Gasteiger partial charge in [-0.1, -0.05) is 6.07 Å². The average Bonchev–Trinajstić information content (AvgIpc) is 2.25. The molecule has 0 saturated heterocycles. The summed E-state index contributed by atoms with van der Waals surface area (Å²) in [6.07, 6.45) is 0. The minimum atomic E-state index is -1.09. The second-order valence-corrected chi connectivity index (χ2v) is 6.51. The van der Waals surface area contributed by atoms with E-state index in [0.717, 1.165) is 11.1 Å². The highest BCUT2D eigenvalue weighted by molar-refractivity contribution is 5.90. The lowest BCUT2D eigenvalue weighted by Gasteiger charge is -2.38. The Balaban J connectivity index is 2.84. The minimum Gasteiger partial charge on any atom is -0.481 e. The first-order valence-corrected chi connectivity index (χ1v) is 6.86. The molecule has 0 fully saturated rings. The first-order chi connectivity index (χ1) is 9.45. The minimum absolute atomic E-state index is 0.417. The van der Waals surface area contributed by atoms with E-state index < -0.39 is 23.0 Å². The van der Waals surface area contributed by atoms with E-state index in [4.69, 9.17) is 0 Å². The van der Waals surface area contributed by atoms with Gasteiger partial charge in [0.25, 0.3) is 0 Å². The molecular formula is C16H24N2O3. The van der Waals surface area contributed by atoms with E-state index >= 15 is 0 Å². The van der Waals surface area contributed by atoms with Crippen molar-refractivity contribution in [1.29, 1.82) is 0 Å². The van der Waals surface area contributed by atoms with Crippen LogP contribution in [0.15, 0.2) is 18.2 Å². The maximum atomic E-state index is 12.1. The van der Waals surface area contributed by atoms with Crippen LogP contribution in [0.4, 0.5) is 10.5 Å². The first-order valence-electron chi connectivity index (χ1n) is 6.86. The largest absolute Gasteiger partial charge is 0.481 e. The molecule has 21 heavy (non-hydrogen) atoms. The summed E-state index contributed by atoms with van der Waals surface area (Å²) in [5.74, 6) is -0.959. The first kappa shape index (κ1) is 17.0. The molecule has 0 spiro atoms. The number of rotatable bonds is 4. The quantitative estimate of drug-likeness (QED) is 0.796. The fourth-order valence-electron chi connectivity index (χ4n) is 1.92. The molecule has 0 heterocycles. The van der Waals surface area contributed by atoms with Crippen molar-refractivity contribution in [3.05, 3.63) is 29.3 Å². The Labute approximate surface area is 125 Å². The number of hydrogen-bond acceptors (Lipinski definition) is 2. The van der Waals surface area contributed by atoms with E-state index in [-0.39, 0.29) is 0 Å². The number of carboxylic acid groups (broad SMARTS) is 1. The predicted molar refractivity (Wildman–Crippen MR) is 83.6 cm³/mol. The zero-order chi connectivity index (χ0) is 16.4. The summed E-state index contributed by atoms with van der Waals surface area (Å²) < 4.78 is 0. The van der Waals surface area contributed by atoms with Gasteiger partial charge in [-0.25, -0.2) is 4.79 Å². The van der Waals surface area contributed by atoms with Gasteiger partial charge in [0.05, 0.1) is 11.0 Å². The van der Waals surface area contributed by atoms with E-state index in [9.17, 15) is 14.7 Å². The lowest BCUT2D eigenvalue weighted by atomic mass is 9.74. The van der Waals surface area contributed by atoms with Gasteiger partial charge in [0.1, 0.15) is 0 Å². The van der Waals surface area contributed by atoms with E-state index in [2.05, 4.69) is 10.6 Å². The zero-order valence-electron chi connectivity index (χ0n) is 13.5. The van der Waals surface area contributed by atoms with Crippen LogP contribution in [0.25, 0.3) is 0 Å². The van der Waals surface area contributed by atoms with E-state index in [1.807, 2.05) is 32.0 Å². The number of aliphatic carboxylic acids is 1. The van der Waals surface area contributed by atoms with Crippen molar-refractivity contribution in [2.24, 2.45) is 5.41 Å². The van der Waals surface area contributed by atoms with E-state index in [1.165, 1.54) is 0 Å². The van der Waals surface area contributed by atoms with Gasteiger partial charge in [0, 0.05) is 5.69 Å². The molecule has 0 aromatic heterocycles. The normalized spacial score (nSPS) is 11.9. The highest BCUT2D eigenvalue weighted by Crippen LogP contribution is 2.30. The van der Waals surface area contributed by atoms with Gasteiger partial charge in [-0.15, -0.1) is 0 Å². The number of carbonyl (C=O) groups is 2. The molecule has 1 aromatic rings. The van der Waals surface area contributed by atoms with Crippen LogP contribution >= 0.6 is 0 Å². The lowest BCUT2D eigenvalue weighted by molar-refractivity contribution is -0.150. The molecular weight excluding hydrogens is 268 g/mol. The standard InChI is InChI=1S/C16H24N2O3/c1-10-7-11(2)9-12(8-10)17-14(21)18-16(5,6)15(3,4)13(19)20/h7-9H,1-6H3,(H,19,20)(H2,17,18,21). The smallest absolute Gasteiger partial charge is 0.319 e. The molecule has 0 aliphatic heterocycles. The van der Waals surface area contributed by atoms with E-state index in [0.29, 0.717) is 5.69 Å². The molecule has 0 bridgehead atoms. The molecule has 0 aliphatic rings. The number of carbonyl (C=O) groups excluding carboxylic acids is 1. The van der Waals surface area contributed by atoms with Gasteiger partial charge >= 0.3 is 12.0 Å². The molecule has 116 valence electrons. The molecule has 3 N–H and O–H groups in total. The third-order valence-corrected chi connectivity index (χ3v) is 4.00. The fraction of sp³-hybridized carbons (Fsp3) is 0.500. The van der Waals surface area contributed by atoms with Gasteiger partial charge in [0.2, 0.25) is 0 Å². The van der Waals surface area contributed by atoms with Gasteiger partial charge in [-0.2, -0.15) is 0 Å². The summed E-state index contributed by atoms with van der Waals surface area (Å²) in [6.45, 7) is 10.5. The molecule has 5 nitrogen and oxygen atoms in total. The molecule has 5 heteroatoms. The zero-order valence-corrected chi connectivity index (χ0v) is 13.5. The van der Waals surface area contributed by atoms with Crippen molar-refractivity contribution < 1.29 is 14.7 Å². The number of benzene rings is 1. The summed E-state index contributed by atoms with van der Waals surface area (Å²) in [6, 6.07) is 5.32. The van der Waals surface area contributed by atoms with Crippen LogP contribution in [-0.2, 0) is 4.79 Å². The van der Waals surface area contributed by atoms with Crippen molar-refractivity contribution >= 4 is 17.7 Å². The Morgan fingerprint density at radius 1 is 1.00 bits per heavy atom. The Hall–Kier alpha value is -2.04. The molecule has 0 aliphatic carbocycles. The van der Waals surface area contributed by atoms with Crippen LogP contribution in [0.5, 0.6) is 0 Å². The highest BCUT2D eigenvalue weighted by Gasteiger charge is 2.44. The number of carboxylic acids is 1. The maximum absolute atomic E-state index is 12.1. The van der Waals surface area contributed by atoms with Gasteiger partial charge < -0.3 is 15.7 Å². The van der Waals surface area contributed by atoms with Crippen LogP contribution in [-0.4, -0.2) is 22.6 Å². The van der Waals surface area contributed by atoms with Crippen LogP contribution in [0.3, 0.4) is 0 Å². The lowest BCUT2D eigenvalue weighted by Crippen LogP contribution is -2.57. The van der Waals surface area contributed by atoms with Gasteiger partial charge in [-0.05, 0) is 64.8 Å². The maximum Gasteiger partial charge on any atom is 0.319 e. The molecule has 1 aromatic carbocycles. The van der Waals surface area contributed by atoms with Gasteiger partial charge in [0.15, 0.2) is 0 Å². The van der Waals surface area contributed by atoms with Crippen LogP contribution in [0, 0.1) is 19.3 Å². The summed E-state index contributed by atoms with van der Waals surface area (Å²) in [4.78, 5) is 23.4. The molecule has 0 atom stereocenters. The number of anilines is 1. The summed E-state index contributed by atoms with van der Waals surface area (Å²) >= 11 is 0.